The highest BCUT2D eigenvalue weighted by Crippen LogP contribution is 2.24. The van der Waals surface area contributed by atoms with Crippen molar-refractivity contribution in [3.63, 3.8) is 0 Å². The van der Waals surface area contributed by atoms with Crippen LogP contribution in [0.3, 0.4) is 0 Å². The molecule has 20 heavy (non-hydrogen) atoms. The summed E-state index contributed by atoms with van der Waals surface area (Å²) in [5.74, 6) is 0. The number of likely N-dealkylation sites (tertiary alicyclic amines) is 1. The molecule has 1 aromatic carbocycles. The highest BCUT2D eigenvalue weighted by molar-refractivity contribution is 5.81. The standard InChI is InChI=1S/C15H18N2O3/c18-9-13-15(20)14(19)8-17(13)7-10-5-6-16-12-4-2-1-3-11(10)12/h1-6,13-15,18-20H,7-9H2/t13-,14+,15-/m1/s1. The van der Waals surface area contributed by atoms with Crippen LogP contribution in [0.15, 0.2) is 36.5 Å². The molecule has 0 spiro atoms. The Morgan fingerprint density at radius 1 is 1.20 bits per heavy atom. The first-order chi connectivity index (χ1) is 9.70. The van der Waals surface area contributed by atoms with Crippen LogP contribution < -0.4 is 0 Å². The van der Waals surface area contributed by atoms with E-state index in [9.17, 15) is 15.3 Å². The Labute approximate surface area is 117 Å². The third-order valence-electron chi connectivity index (χ3n) is 3.98. The maximum Gasteiger partial charge on any atom is 0.0988 e. The van der Waals surface area contributed by atoms with E-state index in [1.54, 1.807) is 6.20 Å². The maximum absolute atomic E-state index is 9.86. The van der Waals surface area contributed by atoms with Gasteiger partial charge < -0.3 is 15.3 Å². The number of hydrogen-bond acceptors (Lipinski definition) is 5. The molecule has 106 valence electrons. The zero-order chi connectivity index (χ0) is 14.1. The van der Waals surface area contributed by atoms with Gasteiger partial charge in [0, 0.05) is 24.7 Å². The first-order valence-corrected chi connectivity index (χ1v) is 6.74. The molecule has 3 atom stereocenters. The van der Waals surface area contributed by atoms with Crippen molar-refractivity contribution in [2.24, 2.45) is 0 Å². The van der Waals surface area contributed by atoms with Crippen molar-refractivity contribution >= 4 is 10.9 Å². The first-order valence-electron chi connectivity index (χ1n) is 6.74. The number of benzene rings is 1. The third-order valence-corrected chi connectivity index (χ3v) is 3.98. The Bertz CT molecular complexity index is 599. The lowest BCUT2D eigenvalue weighted by atomic mass is 10.1. The van der Waals surface area contributed by atoms with Gasteiger partial charge in [-0.1, -0.05) is 18.2 Å². The molecule has 5 nitrogen and oxygen atoms in total. The second kappa shape index (κ2) is 5.46. The molecule has 3 N–H and O–H groups in total. The third kappa shape index (κ3) is 2.29. The minimum absolute atomic E-state index is 0.165. The van der Waals surface area contributed by atoms with Crippen LogP contribution in [0.4, 0.5) is 0 Å². The predicted octanol–water partition coefficient (Wildman–Crippen LogP) is 0.133. The van der Waals surface area contributed by atoms with E-state index in [1.165, 1.54) is 0 Å². The van der Waals surface area contributed by atoms with Gasteiger partial charge in [-0.05, 0) is 17.7 Å². The van der Waals surface area contributed by atoms with Crippen molar-refractivity contribution < 1.29 is 15.3 Å². The number of nitrogens with zero attached hydrogens (tertiary/aromatic N) is 2. The predicted molar refractivity (Wildman–Crippen MR) is 75.0 cm³/mol. The van der Waals surface area contributed by atoms with E-state index in [0.29, 0.717) is 13.1 Å². The van der Waals surface area contributed by atoms with Crippen LogP contribution >= 0.6 is 0 Å². The van der Waals surface area contributed by atoms with Crippen LogP contribution in [0, 0.1) is 0 Å². The topological polar surface area (TPSA) is 76.8 Å². The lowest BCUT2D eigenvalue weighted by molar-refractivity contribution is 0.0210. The van der Waals surface area contributed by atoms with E-state index in [0.717, 1.165) is 16.5 Å². The second-order valence-electron chi connectivity index (χ2n) is 5.22. The fourth-order valence-electron chi connectivity index (χ4n) is 2.87. The Kier molecular flexibility index (Phi) is 3.67. The van der Waals surface area contributed by atoms with Crippen molar-refractivity contribution in [2.75, 3.05) is 13.2 Å². The summed E-state index contributed by atoms with van der Waals surface area (Å²) in [5.41, 5.74) is 2.00. The first kappa shape index (κ1) is 13.5. The molecule has 5 heteroatoms. The highest BCUT2D eigenvalue weighted by atomic mass is 16.3. The summed E-state index contributed by atoms with van der Waals surface area (Å²) < 4.78 is 0. The Morgan fingerprint density at radius 2 is 2.00 bits per heavy atom. The Hall–Kier alpha value is -1.53. The van der Waals surface area contributed by atoms with Gasteiger partial charge in [0.2, 0.25) is 0 Å². The van der Waals surface area contributed by atoms with Crippen LogP contribution in [0.25, 0.3) is 10.9 Å². The molecule has 0 saturated carbocycles. The molecule has 1 saturated heterocycles. The molecule has 0 aliphatic carbocycles. The molecule has 0 bridgehead atoms. The Morgan fingerprint density at radius 3 is 2.80 bits per heavy atom. The summed E-state index contributed by atoms with van der Waals surface area (Å²) in [6.45, 7) is 0.771. The number of rotatable bonds is 3. The van der Waals surface area contributed by atoms with Gasteiger partial charge in [0.15, 0.2) is 0 Å². The number of aliphatic hydroxyl groups excluding tert-OH is 3. The lowest BCUT2D eigenvalue weighted by Crippen LogP contribution is -2.38. The zero-order valence-electron chi connectivity index (χ0n) is 11.1. The van der Waals surface area contributed by atoms with Gasteiger partial charge >= 0.3 is 0 Å². The molecule has 1 aromatic heterocycles. The minimum atomic E-state index is -0.895. The van der Waals surface area contributed by atoms with Crippen molar-refractivity contribution in [2.45, 2.75) is 24.8 Å². The normalized spacial score (nSPS) is 27.2. The molecule has 2 aromatic rings. The smallest absolute Gasteiger partial charge is 0.0988 e. The highest BCUT2D eigenvalue weighted by Gasteiger charge is 2.39. The van der Waals surface area contributed by atoms with Gasteiger partial charge in [0.05, 0.1) is 30.4 Å². The van der Waals surface area contributed by atoms with Crippen molar-refractivity contribution in [1.29, 1.82) is 0 Å². The van der Waals surface area contributed by atoms with E-state index in [4.69, 9.17) is 0 Å². The van der Waals surface area contributed by atoms with Crippen LogP contribution in [0.1, 0.15) is 5.56 Å². The molecule has 1 fully saturated rings. The summed E-state index contributed by atoms with van der Waals surface area (Å²) in [4.78, 5) is 6.23. The average molecular weight is 274 g/mol. The number of fused-ring (bicyclic) bond motifs is 1. The maximum atomic E-state index is 9.86. The van der Waals surface area contributed by atoms with E-state index in [1.807, 2.05) is 35.2 Å². The summed E-state index contributed by atoms with van der Waals surface area (Å²) >= 11 is 0. The van der Waals surface area contributed by atoms with Crippen LogP contribution in [0.5, 0.6) is 0 Å². The monoisotopic (exact) mass is 274 g/mol. The summed E-state index contributed by atoms with van der Waals surface area (Å²) in [6, 6.07) is 9.39. The number of hydrogen-bond donors (Lipinski definition) is 3. The van der Waals surface area contributed by atoms with Crippen molar-refractivity contribution in [1.82, 2.24) is 9.88 Å². The number of aromatic nitrogens is 1. The second-order valence-corrected chi connectivity index (χ2v) is 5.22. The van der Waals surface area contributed by atoms with Crippen LogP contribution in [-0.4, -0.2) is 56.6 Å². The van der Waals surface area contributed by atoms with Gasteiger partial charge in [-0.15, -0.1) is 0 Å². The number of β-amino-alcohol motifs (C(OH)–C–C–N with tert-alkyl or cyclic N) is 1. The molecular formula is C15H18N2O3. The molecule has 0 amide bonds. The summed E-state index contributed by atoms with van der Waals surface area (Å²) in [7, 11) is 0. The minimum Gasteiger partial charge on any atom is -0.395 e. The van der Waals surface area contributed by atoms with Gasteiger partial charge in [-0.2, -0.15) is 0 Å². The van der Waals surface area contributed by atoms with Crippen molar-refractivity contribution in [3.05, 3.63) is 42.1 Å². The Balaban J connectivity index is 1.90. The fraction of sp³-hybridized carbons (Fsp3) is 0.400. The van der Waals surface area contributed by atoms with Gasteiger partial charge in [-0.25, -0.2) is 0 Å². The average Bonchev–Trinajstić information content (AvgIpc) is 2.74. The van der Waals surface area contributed by atoms with E-state index >= 15 is 0 Å². The lowest BCUT2D eigenvalue weighted by Gasteiger charge is -2.24. The summed E-state index contributed by atoms with van der Waals surface area (Å²) in [5, 5.41) is 30.0. The van der Waals surface area contributed by atoms with Gasteiger partial charge in [0.25, 0.3) is 0 Å². The van der Waals surface area contributed by atoms with E-state index in [-0.39, 0.29) is 6.61 Å². The van der Waals surface area contributed by atoms with E-state index < -0.39 is 18.2 Å². The molecule has 3 rings (SSSR count). The van der Waals surface area contributed by atoms with Crippen molar-refractivity contribution in [3.8, 4) is 0 Å². The number of para-hydroxylation sites is 1. The van der Waals surface area contributed by atoms with Crippen LogP contribution in [-0.2, 0) is 6.54 Å². The summed E-state index contributed by atoms with van der Waals surface area (Å²) in [6.07, 6.45) is 0.0579. The van der Waals surface area contributed by atoms with Gasteiger partial charge in [0.1, 0.15) is 0 Å². The number of pyridine rings is 1. The largest absolute Gasteiger partial charge is 0.395 e. The fourth-order valence-corrected chi connectivity index (χ4v) is 2.87. The SMILES string of the molecule is OC[C@@H]1[C@@H](O)[C@@H](O)CN1Cc1ccnc2ccccc12. The molecule has 0 unspecified atom stereocenters. The molecule has 1 aliphatic rings. The van der Waals surface area contributed by atoms with Crippen LogP contribution in [0.2, 0.25) is 0 Å². The number of aliphatic hydroxyl groups is 3. The molecule has 1 aliphatic heterocycles. The van der Waals surface area contributed by atoms with Gasteiger partial charge in [-0.3, -0.25) is 9.88 Å². The quantitative estimate of drug-likeness (QED) is 0.742. The molecule has 2 heterocycles. The molecular weight excluding hydrogens is 256 g/mol. The van der Waals surface area contributed by atoms with E-state index in [2.05, 4.69) is 4.98 Å². The molecule has 0 radical (unpaired) electrons. The zero-order valence-corrected chi connectivity index (χ0v) is 11.1.